The van der Waals surface area contributed by atoms with Crippen molar-refractivity contribution in [2.75, 3.05) is 6.54 Å². The van der Waals surface area contributed by atoms with Gasteiger partial charge in [0.05, 0.1) is 0 Å². The second-order valence-electron chi connectivity index (χ2n) is 4.07. The molecule has 1 rings (SSSR count). The smallest absolute Gasteiger partial charge is 0.159 e. The lowest BCUT2D eigenvalue weighted by Gasteiger charge is -2.14. The standard InChI is InChI=1S/C12H17F2NS/c1-8(2)15-7-9(3)16-10-4-5-11(13)12(14)6-10/h4-6,8-9,15H,7H2,1-3H3. The topological polar surface area (TPSA) is 12.0 Å². The van der Waals surface area contributed by atoms with Gasteiger partial charge < -0.3 is 5.32 Å². The molecule has 1 N–H and O–H groups in total. The molecule has 1 unspecified atom stereocenters. The number of hydrogen-bond donors (Lipinski definition) is 1. The van der Waals surface area contributed by atoms with E-state index in [0.29, 0.717) is 11.3 Å². The van der Waals surface area contributed by atoms with Gasteiger partial charge in [0.1, 0.15) is 0 Å². The van der Waals surface area contributed by atoms with Crippen LogP contribution < -0.4 is 5.32 Å². The Bertz CT molecular complexity index is 342. The van der Waals surface area contributed by atoms with Crippen LogP contribution in [0.1, 0.15) is 20.8 Å². The zero-order valence-corrected chi connectivity index (χ0v) is 10.6. The maximum absolute atomic E-state index is 12.9. The van der Waals surface area contributed by atoms with Gasteiger partial charge in [0.25, 0.3) is 0 Å². The van der Waals surface area contributed by atoms with Crippen molar-refractivity contribution in [3.63, 3.8) is 0 Å². The summed E-state index contributed by atoms with van der Waals surface area (Å²) in [6.07, 6.45) is 0. The van der Waals surface area contributed by atoms with Crippen molar-refractivity contribution < 1.29 is 8.78 Å². The van der Waals surface area contributed by atoms with E-state index in [1.165, 1.54) is 23.9 Å². The summed E-state index contributed by atoms with van der Waals surface area (Å²) in [6, 6.07) is 4.45. The van der Waals surface area contributed by atoms with E-state index >= 15 is 0 Å². The Kier molecular flexibility index (Phi) is 5.22. The number of thioether (sulfide) groups is 1. The minimum atomic E-state index is -0.794. The molecule has 0 heterocycles. The van der Waals surface area contributed by atoms with Crippen LogP contribution in [-0.4, -0.2) is 17.8 Å². The quantitative estimate of drug-likeness (QED) is 0.797. The van der Waals surface area contributed by atoms with Crippen molar-refractivity contribution in [3.05, 3.63) is 29.8 Å². The van der Waals surface area contributed by atoms with Gasteiger partial charge in [0, 0.05) is 22.7 Å². The monoisotopic (exact) mass is 245 g/mol. The molecule has 1 nitrogen and oxygen atoms in total. The first-order valence-corrected chi connectivity index (χ1v) is 6.22. The van der Waals surface area contributed by atoms with Crippen LogP contribution in [-0.2, 0) is 0 Å². The summed E-state index contributed by atoms with van der Waals surface area (Å²) in [5.41, 5.74) is 0. The maximum Gasteiger partial charge on any atom is 0.159 e. The number of halogens is 2. The molecule has 4 heteroatoms. The van der Waals surface area contributed by atoms with E-state index in [4.69, 9.17) is 0 Å². The van der Waals surface area contributed by atoms with Gasteiger partial charge in [-0.1, -0.05) is 20.8 Å². The molecule has 90 valence electrons. The number of nitrogens with one attached hydrogen (secondary N) is 1. The summed E-state index contributed by atoms with van der Waals surface area (Å²) in [5.74, 6) is -1.58. The van der Waals surface area contributed by atoms with Gasteiger partial charge in [-0.05, 0) is 18.2 Å². The minimum Gasteiger partial charge on any atom is -0.313 e. The maximum atomic E-state index is 12.9. The third-order valence-corrected chi connectivity index (χ3v) is 3.14. The zero-order valence-electron chi connectivity index (χ0n) is 9.76. The summed E-state index contributed by atoms with van der Waals surface area (Å²) >= 11 is 1.54. The Hall–Kier alpha value is -0.610. The number of rotatable bonds is 5. The van der Waals surface area contributed by atoms with Crippen LogP contribution >= 0.6 is 11.8 Å². The molecule has 0 saturated heterocycles. The highest BCUT2D eigenvalue weighted by molar-refractivity contribution is 8.00. The summed E-state index contributed by atoms with van der Waals surface area (Å²) in [5, 5.41) is 3.63. The average molecular weight is 245 g/mol. The van der Waals surface area contributed by atoms with Crippen LogP contribution in [0.5, 0.6) is 0 Å². The van der Waals surface area contributed by atoms with E-state index in [2.05, 4.69) is 26.1 Å². The first-order valence-electron chi connectivity index (χ1n) is 5.34. The molecule has 16 heavy (non-hydrogen) atoms. The Morgan fingerprint density at radius 3 is 2.44 bits per heavy atom. The predicted octanol–water partition coefficient (Wildman–Crippen LogP) is 3.44. The first kappa shape index (κ1) is 13.5. The lowest BCUT2D eigenvalue weighted by molar-refractivity contribution is 0.506. The Morgan fingerprint density at radius 1 is 1.19 bits per heavy atom. The minimum absolute atomic E-state index is 0.326. The second kappa shape index (κ2) is 6.21. The molecule has 0 aliphatic carbocycles. The average Bonchev–Trinajstić information content (AvgIpc) is 2.21. The van der Waals surface area contributed by atoms with Crippen LogP contribution in [0.4, 0.5) is 8.78 Å². The van der Waals surface area contributed by atoms with E-state index < -0.39 is 11.6 Å². The molecule has 1 aromatic carbocycles. The molecule has 0 radical (unpaired) electrons. The Labute approximate surface area is 99.6 Å². The van der Waals surface area contributed by atoms with Crippen molar-refractivity contribution in [1.82, 2.24) is 5.32 Å². The molecule has 0 spiro atoms. The molecule has 1 aromatic rings. The van der Waals surface area contributed by atoms with Gasteiger partial charge in [0.2, 0.25) is 0 Å². The van der Waals surface area contributed by atoms with Gasteiger partial charge >= 0.3 is 0 Å². The highest BCUT2D eigenvalue weighted by Gasteiger charge is 2.07. The van der Waals surface area contributed by atoms with Crippen LogP contribution in [0.15, 0.2) is 23.1 Å². The predicted molar refractivity (Wildman–Crippen MR) is 64.8 cm³/mol. The van der Waals surface area contributed by atoms with E-state index in [9.17, 15) is 8.78 Å². The van der Waals surface area contributed by atoms with Gasteiger partial charge in [-0.25, -0.2) is 8.78 Å². The highest BCUT2D eigenvalue weighted by Crippen LogP contribution is 2.24. The van der Waals surface area contributed by atoms with Gasteiger partial charge in [0.15, 0.2) is 11.6 Å². The van der Waals surface area contributed by atoms with E-state index in [0.717, 1.165) is 11.4 Å². The van der Waals surface area contributed by atoms with Gasteiger partial charge in [-0.3, -0.25) is 0 Å². The molecule has 0 aromatic heterocycles. The van der Waals surface area contributed by atoms with E-state index in [1.54, 1.807) is 6.07 Å². The van der Waals surface area contributed by atoms with Crippen LogP contribution in [0.25, 0.3) is 0 Å². The molecule has 0 bridgehead atoms. The SMILES string of the molecule is CC(C)NCC(C)Sc1ccc(F)c(F)c1. The van der Waals surface area contributed by atoms with Gasteiger partial charge in [-0.2, -0.15) is 0 Å². The largest absolute Gasteiger partial charge is 0.313 e. The molecule has 1 atom stereocenters. The summed E-state index contributed by atoms with van der Waals surface area (Å²) < 4.78 is 25.6. The fourth-order valence-electron chi connectivity index (χ4n) is 1.23. The normalized spacial score (nSPS) is 13.1. The lowest BCUT2D eigenvalue weighted by atomic mass is 10.3. The Balaban J connectivity index is 2.49. The lowest BCUT2D eigenvalue weighted by Crippen LogP contribution is -2.28. The third-order valence-electron chi connectivity index (χ3n) is 2.04. The molecule has 0 saturated carbocycles. The van der Waals surface area contributed by atoms with Gasteiger partial charge in [-0.15, -0.1) is 11.8 Å². The molecular weight excluding hydrogens is 228 g/mol. The Morgan fingerprint density at radius 2 is 1.88 bits per heavy atom. The van der Waals surface area contributed by atoms with Crippen LogP contribution in [0, 0.1) is 11.6 Å². The number of benzene rings is 1. The molecular formula is C12H17F2NS. The zero-order chi connectivity index (χ0) is 12.1. The molecule has 0 fully saturated rings. The van der Waals surface area contributed by atoms with Crippen molar-refractivity contribution in [1.29, 1.82) is 0 Å². The fraction of sp³-hybridized carbons (Fsp3) is 0.500. The van der Waals surface area contributed by atoms with Crippen LogP contribution in [0.3, 0.4) is 0 Å². The van der Waals surface area contributed by atoms with E-state index in [1.807, 2.05) is 0 Å². The molecule has 0 amide bonds. The van der Waals surface area contributed by atoms with Crippen molar-refractivity contribution in [2.45, 2.75) is 37.0 Å². The highest BCUT2D eigenvalue weighted by atomic mass is 32.2. The van der Waals surface area contributed by atoms with Crippen molar-refractivity contribution in [3.8, 4) is 0 Å². The van der Waals surface area contributed by atoms with E-state index in [-0.39, 0.29) is 0 Å². The molecule has 0 aliphatic heterocycles. The summed E-state index contributed by atoms with van der Waals surface area (Å²) in [6.45, 7) is 7.06. The first-order chi connectivity index (χ1) is 7.49. The van der Waals surface area contributed by atoms with Crippen LogP contribution in [0.2, 0.25) is 0 Å². The van der Waals surface area contributed by atoms with Crippen molar-refractivity contribution in [2.24, 2.45) is 0 Å². The summed E-state index contributed by atoms with van der Waals surface area (Å²) in [4.78, 5) is 0.761. The number of hydrogen-bond acceptors (Lipinski definition) is 2. The molecule has 0 aliphatic rings. The second-order valence-corrected chi connectivity index (χ2v) is 5.58. The summed E-state index contributed by atoms with van der Waals surface area (Å²) in [7, 11) is 0. The van der Waals surface area contributed by atoms with Crippen molar-refractivity contribution >= 4 is 11.8 Å². The third kappa shape index (κ3) is 4.49. The fourth-order valence-corrected chi connectivity index (χ4v) is 2.19.